The Morgan fingerprint density at radius 1 is 1.38 bits per heavy atom. The zero-order valence-corrected chi connectivity index (χ0v) is 11.2. The van der Waals surface area contributed by atoms with Crippen LogP contribution in [0.15, 0.2) is 0 Å². The fraction of sp³-hybridized carbons (Fsp3) is 1.00. The lowest BCUT2D eigenvalue weighted by atomic mass is 10.1. The van der Waals surface area contributed by atoms with Gasteiger partial charge in [0.25, 0.3) is 0 Å². The summed E-state index contributed by atoms with van der Waals surface area (Å²) in [6.45, 7) is 12.0. The van der Waals surface area contributed by atoms with Gasteiger partial charge < -0.3 is 10.1 Å². The van der Waals surface area contributed by atoms with E-state index in [1.165, 1.54) is 12.8 Å². The molecule has 3 heteroatoms. The Labute approximate surface area is 101 Å². The largest absolute Gasteiger partial charge is 0.376 e. The van der Waals surface area contributed by atoms with Crippen molar-refractivity contribution in [2.24, 2.45) is 0 Å². The zero-order chi connectivity index (χ0) is 11.8. The summed E-state index contributed by atoms with van der Waals surface area (Å²) in [6, 6.07) is 0.697. The number of likely N-dealkylation sites (N-methyl/N-ethyl adjacent to an activating group) is 1. The van der Waals surface area contributed by atoms with E-state index < -0.39 is 0 Å². The maximum Gasteiger partial charge on any atom is 0.0700 e. The van der Waals surface area contributed by atoms with Crippen molar-refractivity contribution in [3.05, 3.63) is 0 Å². The van der Waals surface area contributed by atoms with E-state index in [0.717, 1.165) is 39.2 Å². The van der Waals surface area contributed by atoms with Crippen molar-refractivity contribution in [1.82, 2.24) is 10.2 Å². The van der Waals surface area contributed by atoms with Crippen molar-refractivity contribution in [2.75, 3.05) is 32.8 Å². The minimum absolute atomic E-state index is 0.453. The molecule has 0 saturated carbocycles. The number of rotatable bonds is 7. The van der Waals surface area contributed by atoms with Crippen LogP contribution < -0.4 is 5.32 Å². The highest BCUT2D eigenvalue weighted by Crippen LogP contribution is 2.14. The van der Waals surface area contributed by atoms with Crippen LogP contribution in [0.25, 0.3) is 0 Å². The summed E-state index contributed by atoms with van der Waals surface area (Å²) in [4.78, 5) is 2.61. The quantitative estimate of drug-likeness (QED) is 0.720. The molecule has 0 aromatic carbocycles. The molecule has 0 amide bonds. The number of morpholine rings is 1. The molecule has 0 aliphatic carbocycles. The van der Waals surface area contributed by atoms with Crippen LogP contribution in [0.2, 0.25) is 0 Å². The highest BCUT2D eigenvalue weighted by Gasteiger charge is 2.24. The second-order valence-corrected chi connectivity index (χ2v) is 4.65. The Morgan fingerprint density at radius 3 is 2.81 bits per heavy atom. The second-order valence-electron chi connectivity index (χ2n) is 4.65. The highest BCUT2D eigenvalue weighted by molar-refractivity contribution is 4.79. The average molecular weight is 228 g/mol. The Bertz CT molecular complexity index is 173. The molecule has 1 rings (SSSR count). The van der Waals surface area contributed by atoms with Crippen molar-refractivity contribution >= 4 is 0 Å². The third-order valence-corrected chi connectivity index (χ3v) is 3.39. The Morgan fingerprint density at radius 2 is 2.19 bits per heavy atom. The van der Waals surface area contributed by atoms with Gasteiger partial charge in [0.1, 0.15) is 0 Å². The Hall–Kier alpha value is -0.120. The van der Waals surface area contributed by atoms with E-state index in [1.807, 2.05) is 0 Å². The molecule has 2 unspecified atom stereocenters. The third-order valence-electron chi connectivity index (χ3n) is 3.39. The highest BCUT2D eigenvalue weighted by atomic mass is 16.5. The van der Waals surface area contributed by atoms with E-state index in [1.54, 1.807) is 0 Å². The molecule has 0 bridgehead atoms. The van der Waals surface area contributed by atoms with Gasteiger partial charge in [0.2, 0.25) is 0 Å². The second kappa shape index (κ2) is 8.04. The first-order chi connectivity index (χ1) is 7.81. The number of hydrogen-bond acceptors (Lipinski definition) is 3. The number of hydrogen-bond donors (Lipinski definition) is 1. The molecule has 2 atom stereocenters. The lowest BCUT2D eigenvalue weighted by Gasteiger charge is -2.38. The van der Waals surface area contributed by atoms with Crippen LogP contribution in [0, 0.1) is 0 Å². The van der Waals surface area contributed by atoms with E-state index in [-0.39, 0.29) is 0 Å². The van der Waals surface area contributed by atoms with E-state index in [0.29, 0.717) is 12.1 Å². The molecule has 0 radical (unpaired) electrons. The summed E-state index contributed by atoms with van der Waals surface area (Å²) in [5, 5.41) is 3.48. The Balaban J connectivity index is 2.41. The fourth-order valence-corrected chi connectivity index (χ4v) is 2.38. The first-order valence-electron chi connectivity index (χ1n) is 6.88. The van der Waals surface area contributed by atoms with Gasteiger partial charge in [-0.15, -0.1) is 0 Å². The van der Waals surface area contributed by atoms with Crippen molar-refractivity contribution < 1.29 is 4.74 Å². The zero-order valence-electron chi connectivity index (χ0n) is 11.2. The first-order valence-corrected chi connectivity index (χ1v) is 6.88. The molecule has 3 nitrogen and oxygen atoms in total. The first kappa shape index (κ1) is 13.9. The Kier molecular flexibility index (Phi) is 7.01. The molecule has 1 heterocycles. The molecule has 1 fully saturated rings. The van der Waals surface area contributed by atoms with Gasteiger partial charge in [-0.2, -0.15) is 0 Å². The van der Waals surface area contributed by atoms with Crippen LogP contribution in [-0.4, -0.2) is 49.8 Å². The van der Waals surface area contributed by atoms with E-state index >= 15 is 0 Å². The SMILES string of the molecule is CCCC(CNCC)N1CCOC(CC)C1. The summed E-state index contributed by atoms with van der Waals surface area (Å²) >= 11 is 0. The summed E-state index contributed by atoms with van der Waals surface area (Å²) in [5.41, 5.74) is 0. The minimum Gasteiger partial charge on any atom is -0.376 e. The average Bonchev–Trinajstić information content (AvgIpc) is 2.34. The smallest absolute Gasteiger partial charge is 0.0700 e. The number of nitrogens with one attached hydrogen (secondary N) is 1. The normalized spacial score (nSPS) is 24.6. The van der Waals surface area contributed by atoms with Crippen LogP contribution in [0.1, 0.15) is 40.0 Å². The molecule has 96 valence electrons. The lowest BCUT2D eigenvalue weighted by molar-refractivity contribution is -0.0452. The van der Waals surface area contributed by atoms with Gasteiger partial charge in [0.15, 0.2) is 0 Å². The molecule has 1 aliphatic rings. The van der Waals surface area contributed by atoms with Crippen LogP contribution >= 0.6 is 0 Å². The van der Waals surface area contributed by atoms with Crippen LogP contribution in [-0.2, 0) is 4.74 Å². The van der Waals surface area contributed by atoms with Gasteiger partial charge in [-0.25, -0.2) is 0 Å². The van der Waals surface area contributed by atoms with Crippen LogP contribution in [0.4, 0.5) is 0 Å². The standard InChI is InChI=1S/C13H28N2O/c1-4-7-12(10-14-6-3)15-8-9-16-13(5-2)11-15/h12-14H,4-11H2,1-3H3. The van der Waals surface area contributed by atoms with Crippen molar-refractivity contribution in [3.8, 4) is 0 Å². The molecule has 1 aliphatic heterocycles. The van der Waals surface area contributed by atoms with E-state index in [9.17, 15) is 0 Å². The van der Waals surface area contributed by atoms with Gasteiger partial charge in [-0.05, 0) is 19.4 Å². The monoisotopic (exact) mass is 228 g/mol. The molecule has 1 saturated heterocycles. The maximum absolute atomic E-state index is 5.73. The number of ether oxygens (including phenoxy) is 1. The van der Waals surface area contributed by atoms with Crippen molar-refractivity contribution in [1.29, 1.82) is 0 Å². The molecule has 1 N–H and O–H groups in total. The van der Waals surface area contributed by atoms with Gasteiger partial charge >= 0.3 is 0 Å². The summed E-state index contributed by atoms with van der Waals surface area (Å²) < 4.78 is 5.73. The summed E-state index contributed by atoms with van der Waals surface area (Å²) in [6.07, 6.45) is 4.15. The predicted molar refractivity (Wildman–Crippen MR) is 68.8 cm³/mol. The van der Waals surface area contributed by atoms with Gasteiger partial charge in [-0.3, -0.25) is 4.90 Å². The van der Waals surface area contributed by atoms with Crippen molar-refractivity contribution in [3.63, 3.8) is 0 Å². The fourth-order valence-electron chi connectivity index (χ4n) is 2.38. The molecule has 0 aromatic rings. The van der Waals surface area contributed by atoms with Gasteiger partial charge in [0.05, 0.1) is 12.7 Å². The summed E-state index contributed by atoms with van der Waals surface area (Å²) in [7, 11) is 0. The lowest BCUT2D eigenvalue weighted by Crippen LogP contribution is -2.50. The third kappa shape index (κ3) is 4.40. The van der Waals surface area contributed by atoms with E-state index in [2.05, 4.69) is 31.0 Å². The van der Waals surface area contributed by atoms with Crippen molar-refractivity contribution in [2.45, 2.75) is 52.2 Å². The molecule has 16 heavy (non-hydrogen) atoms. The van der Waals surface area contributed by atoms with Crippen LogP contribution in [0.5, 0.6) is 0 Å². The van der Waals surface area contributed by atoms with Gasteiger partial charge in [-0.1, -0.05) is 27.2 Å². The van der Waals surface area contributed by atoms with Gasteiger partial charge in [0, 0.05) is 25.7 Å². The molecular weight excluding hydrogens is 200 g/mol. The summed E-state index contributed by atoms with van der Waals surface area (Å²) in [5.74, 6) is 0. The van der Waals surface area contributed by atoms with Crippen LogP contribution in [0.3, 0.4) is 0 Å². The number of nitrogens with zero attached hydrogens (tertiary/aromatic N) is 1. The van der Waals surface area contributed by atoms with E-state index in [4.69, 9.17) is 4.74 Å². The molecular formula is C13H28N2O. The molecule has 0 aromatic heterocycles. The molecule has 0 spiro atoms. The predicted octanol–water partition coefficient (Wildman–Crippen LogP) is 1.88. The maximum atomic E-state index is 5.73. The topological polar surface area (TPSA) is 24.5 Å². The minimum atomic E-state index is 0.453.